The van der Waals surface area contributed by atoms with Crippen molar-refractivity contribution in [3.05, 3.63) is 35.9 Å². The fraction of sp³-hybridized carbons (Fsp3) is 0.500. The number of imide groups is 1. The van der Waals surface area contributed by atoms with Crippen LogP contribution in [0.1, 0.15) is 39.2 Å². The van der Waals surface area contributed by atoms with Crippen LogP contribution in [0.3, 0.4) is 0 Å². The highest BCUT2D eigenvalue weighted by Gasteiger charge is 2.49. The Morgan fingerprint density at radius 3 is 2.25 bits per heavy atom. The number of nitrogens with zero attached hydrogens (tertiary/aromatic N) is 2. The second kappa shape index (κ2) is 7.47. The highest BCUT2D eigenvalue weighted by atomic mass is 16.2. The molecule has 0 aromatic heterocycles. The van der Waals surface area contributed by atoms with Gasteiger partial charge < -0.3 is 10.2 Å². The Balaban J connectivity index is 2.07. The summed E-state index contributed by atoms with van der Waals surface area (Å²) in [7, 11) is 0. The largest absolute Gasteiger partial charge is 0.337 e. The highest BCUT2D eigenvalue weighted by molar-refractivity contribution is 6.08. The van der Waals surface area contributed by atoms with Crippen molar-refractivity contribution in [2.24, 2.45) is 0 Å². The lowest BCUT2D eigenvalue weighted by atomic mass is 9.93. The van der Waals surface area contributed by atoms with Crippen LogP contribution in [0, 0.1) is 0 Å². The first kappa shape index (κ1) is 18.0. The molecule has 1 N–H and O–H groups in total. The van der Waals surface area contributed by atoms with Crippen molar-refractivity contribution >= 4 is 17.8 Å². The molecule has 1 fully saturated rings. The fourth-order valence-electron chi connectivity index (χ4n) is 2.96. The number of carbonyl (C=O) groups excluding carboxylic acids is 3. The van der Waals surface area contributed by atoms with Crippen LogP contribution < -0.4 is 5.32 Å². The van der Waals surface area contributed by atoms with Crippen molar-refractivity contribution in [1.29, 1.82) is 0 Å². The molecule has 1 aliphatic heterocycles. The topological polar surface area (TPSA) is 69.7 Å². The zero-order valence-electron chi connectivity index (χ0n) is 14.5. The number of benzene rings is 1. The number of amides is 4. The Labute approximate surface area is 142 Å². The van der Waals surface area contributed by atoms with Gasteiger partial charge in [0.05, 0.1) is 0 Å². The number of urea groups is 1. The maximum atomic E-state index is 12.6. The minimum absolute atomic E-state index is 0.215. The van der Waals surface area contributed by atoms with Crippen molar-refractivity contribution in [3.8, 4) is 0 Å². The van der Waals surface area contributed by atoms with Gasteiger partial charge in [-0.3, -0.25) is 14.5 Å². The summed E-state index contributed by atoms with van der Waals surface area (Å²) in [5.74, 6) is -0.533. The monoisotopic (exact) mass is 331 g/mol. The van der Waals surface area contributed by atoms with E-state index in [4.69, 9.17) is 0 Å². The fourth-order valence-corrected chi connectivity index (χ4v) is 2.96. The molecule has 1 aromatic rings. The number of rotatable bonds is 7. The van der Waals surface area contributed by atoms with E-state index < -0.39 is 11.6 Å². The zero-order valence-corrected chi connectivity index (χ0v) is 14.5. The molecule has 6 nitrogen and oxygen atoms in total. The number of likely N-dealkylation sites (N-methyl/N-ethyl adjacent to an activating group) is 1. The third kappa shape index (κ3) is 3.42. The minimum atomic E-state index is -0.867. The van der Waals surface area contributed by atoms with E-state index >= 15 is 0 Å². The summed E-state index contributed by atoms with van der Waals surface area (Å²) in [6.07, 6.45) is 1.03. The molecule has 24 heavy (non-hydrogen) atoms. The van der Waals surface area contributed by atoms with Gasteiger partial charge in [-0.25, -0.2) is 4.79 Å². The SMILES string of the molecule is CCN(Cc1ccccc1)C(=O)CN1C(=O)NC(CC)(CC)C1=O. The van der Waals surface area contributed by atoms with Gasteiger partial charge in [-0.15, -0.1) is 0 Å². The molecular formula is C18H25N3O3. The van der Waals surface area contributed by atoms with E-state index in [0.29, 0.717) is 25.9 Å². The predicted molar refractivity (Wildman–Crippen MR) is 91.1 cm³/mol. The van der Waals surface area contributed by atoms with E-state index in [1.807, 2.05) is 51.1 Å². The average molecular weight is 331 g/mol. The van der Waals surface area contributed by atoms with Crippen LogP contribution >= 0.6 is 0 Å². The molecule has 0 unspecified atom stereocenters. The summed E-state index contributed by atoms with van der Waals surface area (Å²) in [6.45, 7) is 6.38. The van der Waals surface area contributed by atoms with Gasteiger partial charge in [0.15, 0.2) is 0 Å². The van der Waals surface area contributed by atoms with Crippen LogP contribution in [0.4, 0.5) is 4.79 Å². The predicted octanol–water partition coefficient (Wildman–Crippen LogP) is 2.15. The maximum Gasteiger partial charge on any atom is 0.325 e. The molecule has 4 amide bonds. The first-order valence-corrected chi connectivity index (χ1v) is 8.43. The first-order chi connectivity index (χ1) is 11.5. The van der Waals surface area contributed by atoms with Gasteiger partial charge in [0, 0.05) is 13.1 Å². The van der Waals surface area contributed by atoms with Gasteiger partial charge in [-0.2, -0.15) is 0 Å². The number of hydrogen-bond acceptors (Lipinski definition) is 3. The summed E-state index contributed by atoms with van der Waals surface area (Å²) in [4.78, 5) is 40.0. The molecule has 1 aromatic carbocycles. The Hall–Kier alpha value is -2.37. The molecule has 1 heterocycles. The summed E-state index contributed by atoms with van der Waals surface area (Å²) < 4.78 is 0. The van der Waals surface area contributed by atoms with Crippen molar-refractivity contribution in [2.75, 3.05) is 13.1 Å². The Bertz CT molecular complexity index is 611. The molecule has 0 saturated carbocycles. The van der Waals surface area contributed by atoms with Crippen LogP contribution in [0.25, 0.3) is 0 Å². The summed E-state index contributed by atoms with van der Waals surface area (Å²) in [5.41, 5.74) is 0.148. The Morgan fingerprint density at radius 2 is 1.75 bits per heavy atom. The molecule has 130 valence electrons. The van der Waals surface area contributed by atoms with Crippen molar-refractivity contribution in [1.82, 2.24) is 15.1 Å². The second-order valence-electron chi connectivity index (χ2n) is 6.00. The second-order valence-corrected chi connectivity index (χ2v) is 6.00. The van der Waals surface area contributed by atoms with Gasteiger partial charge in [-0.05, 0) is 25.3 Å². The lowest BCUT2D eigenvalue weighted by Crippen LogP contribution is -2.47. The van der Waals surface area contributed by atoms with Gasteiger partial charge in [0.1, 0.15) is 12.1 Å². The number of nitrogens with one attached hydrogen (secondary N) is 1. The normalized spacial score (nSPS) is 16.2. The molecule has 0 spiro atoms. The van der Waals surface area contributed by atoms with Crippen LogP contribution in [-0.2, 0) is 16.1 Å². The van der Waals surface area contributed by atoms with Gasteiger partial charge >= 0.3 is 6.03 Å². The molecular weight excluding hydrogens is 306 g/mol. The van der Waals surface area contributed by atoms with E-state index in [-0.39, 0.29) is 18.4 Å². The van der Waals surface area contributed by atoms with Gasteiger partial charge in [0.25, 0.3) is 5.91 Å². The number of carbonyl (C=O) groups is 3. The Morgan fingerprint density at radius 1 is 1.12 bits per heavy atom. The van der Waals surface area contributed by atoms with E-state index in [0.717, 1.165) is 10.5 Å². The van der Waals surface area contributed by atoms with E-state index in [2.05, 4.69) is 5.32 Å². The molecule has 1 aliphatic rings. The van der Waals surface area contributed by atoms with Gasteiger partial charge in [-0.1, -0.05) is 44.2 Å². The average Bonchev–Trinajstić information content (AvgIpc) is 2.85. The van der Waals surface area contributed by atoms with Crippen LogP contribution in [-0.4, -0.2) is 46.3 Å². The minimum Gasteiger partial charge on any atom is -0.337 e. The highest BCUT2D eigenvalue weighted by Crippen LogP contribution is 2.24. The lowest BCUT2D eigenvalue weighted by molar-refractivity contribution is -0.139. The number of hydrogen-bond donors (Lipinski definition) is 1. The zero-order chi connectivity index (χ0) is 17.7. The van der Waals surface area contributed by atoms with E-state index in [9.17, 15) is 14.4 Å². The summed E-state index contributed by atoms with van der Waals surface area (Å²) >= 11 is 0. The van der Waals surface area contributed by atoms with Crippen LogP contribution in [0.5, 0.6) is 0 Å². The third-order valence-electron chi connectivity index (χ3n) is 4.70. The molecule has 0 radical (unpaired) electrons. The van der Waals surface area contributed by atoms with Crippen molar-refractivity contribution in [2.45, 2.75) is 45.7 Å². The molecule has 6 heteroatoms. The standard InChI is InChI=1S/C18H25N3O3/c1-4-18(5-2)16(23)21(17(24)19-18)13-15(22)20(6-3)12-14-10-8-7-9-11-14/h7-11H,4-6,12-13H2,1-3H3,(H,19,24). The first-order valence-electron chi connectivity index (χ1n) is 8.43. The van der Waals surface area contributed by atoms with Crippen LogP contribution in [0.15, 0.2) is 30.3 Å². The molecule has 2 rings (SSSR count). The van der Waals surface area contributed by atoms with Crippen LogP contribution in [0.2, 0.25) is 0 Å². The molecule has 0 bridgehead atoms. The van der Waals surface area contributed by atoms with E-state index in [1.54, 1.807) is 4.90 Å². The van der Waals surface area contributed by atoms with Gasteiger partial charge in [0.2, 0.25) is 5.91 Å². The van der Waals surface area contributed by atoms with Crippen molar-refractivity contribution in [3.63, 3.8) is 0 Å². The summed E-state index contributed by atoms with van der Waals surface area (Å²) in [5, 5.41) is 2.75. The van der Waals surface area contributed by atoms with Crippen molar-refractivity contribution < 1.29 is 14.4 Å². The molecule has 0 aliphatic carbocycles. The van der Waals surface area contributed by atoms with E-state index in [1.165, 1.54) is 0 Å². The quantitative estimate of drug-likeness (QED) is 0.778. The smallest absolute Gasteiger partial charge is 0.325 e. The summed E-state index contributed by atoms with van der Waals surface area (Å²) in [6, 6.07) is 9.17. The lowest BCUT2D eigenvalue weighted by Gasteiger charge is -2.25. The molecule has 0 atom stereocenters. The third-order valence-corrected chi connectivity index (χ3v) is 4.70. The Kier molecular flexibility index (Phi) is 5.59. The molecule has 1 saturated heterocycles. The maximum absolute atomic E-state index is 12.6.